The second kappa shape index (κ2) is 7.88. The van der Waals surface area contributed by atoms with Gasteiger partial charge in [-0.3, -0.25) is 4.79 Å². The van der Waals surface area contributed by atoms with E-state index in [0.717, 1.165) is 38.5 Å². The Morgan fingerprint density at radius 2 is 2.00 bits per heavy atom. The maximum atomic E-state index is 11.8. The van der Waals surface area contributed by atoms with E-state index in [4.69, 9.17) is 4.74 Å². The second-order valence-electron chi connectivity index (χ2n) is 8.60. The first-order valence-electron chi connectivity index (χ1n) is 9.67. The van der Waals surface area contributed by atoms with Gasteiger partial charge in [-0.25, -0.2) is 0 Å². The van der Waals surface area contributed by atoms with Crippen LogP contribution in [0.1, 0.15) is 79.6 Å². The van der Waals surface area contributed by atoms with Crippen LogP contribution in [0.4, 0.5) is 0 Å². The molecule has 3 nitrogen and oxygen atoms in total. The number of hydrogen-bond donors (Lipinski definition) is 0. The Morgan fingerprint density at radius 1 is 1.28 bits per heavy atom. The molecule has 3 heteroatoms. The molecule has 0 amide bonds. The number of rotatable bonds is 6. The Labute approximate surface area is 152 Å². The fourth-order valence-electron chi connectivity index (χ4n) is 5.29. The summed E-state index contributed by atoms with van der Waals surface area (Å²) in [6.45, 7) is 10.8. The van der Waals surface area contributed by atoms with E-state index in [-0.39, 0.29) is 16.8 Å². The highest BCUT2D eigenvalue weighted by molar-refractivity contribution is 5.66. The van der Waals surface area contributed by atoms with Gasteiger partial charge in [0.2, 0.25) is 0 Å². The zero-order chi connectivity index (χ0) is 18.7. The zero-order valence-electron chi connectivity index (χ0n) is 16.6. The van der Waals surface area contributed by atoms with Crippen molar-refractivity contribution in [3.05, 3.63) is 22.8 Å². The van der Waals surface area contributed by atoms with Gasteiger partial charge in [-0.05, 0) is 69.8 Å². The molecule has 0 spiro atoms. The molecule has 2 rings (SSSR count). The predicted molar refractivity (Wildman–Crippen MR) is 101 cm³/mol. The normalized spacial score (nSPS) is 33.0. The van der Waals surface area contributed by atoms with Crippen LogP contribution < -0.4 is 0 Å². The highest BCUT2D eigenvalue weighted by Crippen LogP contribution is 2.59. The molecule has 2 aliphatic rings. The van der Waals surface area contributed by atoms with Crippen LogP contribution in [0.2, 0.25) is 0 Å². The molecule has 0 bridgehead atoms. The minimum Gasteiger partial charge on any atom is -0.462 e. The molecular formula is C22H34O3. The van der Waals surface area contributed by atoms with Crippen molar-refractivity contribution in [3.63, 3.8) is 0 Å². The van der Waals surface area contributed by atoms with Crippen LogP contribution >= 0.6 is 0 Å². The Kier molecular flexibility index (Phi) is 6.29. The third-order valence-corrected chi connectivity index (χ3v) is 6.75. The molecule has 25 heavy (non-hydrogen) atoms. The second-order valence-corrected chi connectivity index (χ2v) is 8.60. The van der Waals surface area contributed by atoms with Gasteiger partial charge in [-0.15, -0.1) is 0 Å². The van der Waals surface area contributed by atoms with Gasteiger partial charge in [-0.1, -0.05) is 37.0 Å². The molecule has 3 unspecified atom stereocenters. The molecule has 140 valence electrons. The van der Waals surface area contributed by atoms with Crippen molar-refractivity contribution in [1.82, 2.24) is 0 Å². The van der Waals surface area contributed by atoms with Crippen LogP contribution in [-0.4, -0.2) is 18.9 Å². The lowest BCUT2D eigenvalue weighted by atomic mass is 9.49. The van der Waals surface area contributed by atoms with Crippen molar-refractivity contribution in [3.8, 4) is 0 Å². The Morgan fingerprint density at radius 3 is 2.64 bits per heavy atom. The molecule has 0 aromatic carbocycles. The molecule has 0 heterocycles. The third kappa shape index (κ3) is 4.24. The number of aldehydes is 1. The lowest BCUT2D eigenvalue weighted by molar-refractivity contribution is -0.139. The van der Waals surface area contributed by atoms with E-state index in [0.29, 0.717) is 12.5 Å². The smallest absolute Gasteiger partial charge is 0.302 e. The molecule has 3 atom stereocenters. The summed E-state index contributed by atoms with van der Waals surface area (Å²) in [5.41, 5.74) is 4.37. The molecule has 0 radical (unpaired) electrons. The topological polar surface area (TPSA) is 43.4 Å². The molecule has 0 aromatic rings. The number of carbonyl (C=O) groups is 2. The van der Waals surface area contributed by atoms with Crippen LogP contribution in [0.25, 0.3) is 0 Å². The van der Waals surface area contributed by atoms with Gasteiger partial charge in [0.25, 0.3) is 0 Å². The summed E-state index contributed by atoms with van der Waals surface area (Å²) in [7, 11) is 0. The first kappa shape index (κ1) is 19.9. The van der Waals surface area contributed by atoms with Gasteiger partial charge < -0.3 is 9.53 Å². The SMILES string of the molecule is CC(=O)OCC=C(C)CCC1=C(C)CCC2C(C)(C=O)CCCC12C. The van der Waals surface area contributed by atoms with Crippen LogP contribution in [0.3, 0.4) is 0 Å². The van der Waals surface area contributed by atoms with Gasteiger partial charge in [0.15, 0.2) is 0 Å². The van der Waals surface area contributed by atoms with Crippen molar-refractivity contribution in [2.24, 2.45) is 16.7 Å². The van der Waals surface area contributed by atoms with E-state index in [9.17, 15) is 9.59 Å². The monoisotopic (exact) mass is 346 g/mol. The molecule has 1 fully saturated rings. The first-order valence-corrected chi connectivity index (χ1v) is 9.67. The highest BCUT2D eigenvalue weighted by Gasteiger charge is 2.51. The van der Waals surface area contributed by atoms with Gasteiger partial charge in [-0.2, -0.15) is 0 Å². The van der Waals surface area contributed by atoms with E-state index in [1.54, 1.807) is 5.57 Å². The molecule has 2 aliphatic carbocycles. The summed E-state index contributed by atoms with van der Waals surface area (Å²) in [4.78, 5) is 22.7. The van der Waals surface area contributed by atoms with Crippen LogP contribution in [0.5, 0.6) is 0 Å². The number of carbonyl (C=O) groups excluding carboxylic acids is 2. The maximum Gasteiger partial charge on any atom is 0.302 e. The summed E-state index contributed by atoms with van der Waals surface area (Å²) >= 11 is 0. The summed E-state index contributed by atoms with van der Waals surface area (Å²) < 4.78 is 5.01. The highest BCUT2D eigenvalue weighted by atomic mass is 16.5. The van der Waals surface area contributed by atoms with E-state index < -0.39 is 0 Å². The van der Waals surface area contributed by atoms with Crippen molar-refractivity contribution in [2.75, 3.05) is 6.61 Å². The van der Waals surface area contributed by atoms with Gasteiger partial charge >= 0.3 is 5.97 Å². The molecule has 0 saturated heterocycles. The van der Waals surface area contributed by atoms with E-state index in [2.05, 4.69) is 27.7 Å². The van der Waals surface area contributed by atoms with Gasteiger partial charge in [0, 0.05) is 12.3 Å². The average molecular weight is 347 g/mol. The Balaban J connectivity index is 2.13. The number of allylic oxidation sites excluding steroid dienone is 3. The van der Waals surface area contributed by atoms with Crippen molar-refractivity contribution in [1.29, 1.82) is 0 Å². The minimum absolute atomic E-state index is 0.159. The fraction of sp³-hybridized carbons (Fsp3) is 0.727. The molecule has 0 aliphatic heterocycles. The molecule has 1 saturated carbocycles. The van der Waals surface area contributed by atoms with Gasteiger partial charge in [0.1, 0.15) is 12.9 Å². The minimum atomic E-state index is -0.236. The summed E-state index contributed by atoms with van der Waals surface area (Å²) in [5, 5.41) is 0. The van der Waals surface area contributed by atoms with Crippen molar-refractivity contribution >= 4 is 12.3 Å². The average Bonchev–Trinajstić information content (AvgIpc) is 2.53. The standard InChI is InChI=1S/C22H34O3/c1-16(11-14-25-18(3)24)7-9-19-17(2)8-10-20-21(4,15-23)12-6-13-22(19,20)5/h11,15,20H,6-10,12-14H2,1-5H3. The fourth-order valence-corrected chi connectivity index (χ4v) is 5.29. The van der Waals surface area contributed by atoms with E-state index >= 15 is 0 Å². The van der Waals surface area contributed by atoms with Crippen molar-refractivity contribution < 1.29 is 14.3 Å². The van der Waals surface area contributed by atoms with E-state index in [1.165, 1.54) is 30.8 Å². The first-order chi connectivity index (χ1) is 11.7. The van der Waals surface area contributed by atoms with E-state index in [1.807, 2.05) is 6.08 Å². The van der Waals surface area contributed by atoms with Crippen LogP contribution in [-0.2, 0) is 14.3 Å². The number of fused-ring (bicyclic) bond motifs is 1. The lowest BCUT2D eigenvalue weighted by Crippen LogP contribution is -2.47. The predicted octanol–water partition coefficient (Wildman–Crippen LogP) is 5.40. The summed E-state index contributed by atoms with van der Waals surface area (Å²) in [6.07, 6.45) is 10.9. The van der Waals surface area contributed by atoms with Crippen LogP contribution in [0, 0.1) is 16.7 Å². The molecule has 0 aromatic heterocycles. The molecular weight excluding hydrogens is 312 g/mol. The third-order valence-electron chi connectivity index (χ3n) is 6.75. The number of ether oxygens (including phenoxy) is 1. The Bertz CT molecular complexity index is 586. The maximum absolute atomic E-state index is 11.8. The zero-order valence-corrected chi connectivity index (χ0v) is 16.6. The summed E-state index contributed by atoms with van der Waals surface area (Å²) in [5.74, 6) is 0.232. The quantitative estimate of drug-likeness (QED) is 0.367. The number of hydrogen-bond acceptors (Lipinski definition) is 3. The number of esters is 1. The Hall–Kier alpha value is -1.38. The van der Waals surface area contributed by atoms with Gasteiger partial charge in [0.05, 0.1) is 0 Å². The van der Waals surface area contributed by atoms with Crippen LogP contribution in [0.15, 0.2) is 22.8 Å². The summed E-state index contributed by atoms with van der Waals surface area (Å²) in [6, 6.07) is 0. The largest absolute Gasteiger partial charge is 0.462 e. The lowest BCUT2D eigenvalue weighted by Gasteiger charge is -2.54. The molecule has 0 N–H and O–H groups in total. The van der Waals surface area contributed by atoms with Crippen molar-refractivity contribution in [2.45, 2.75) is 79.6 Å².